The second-order valence-corrected chi connectivity index (χ2v) is 5.27. The van der Waals surface area contributed by atoms with E-state index in [9.17, 15) is 9.59 Å². The van der Waals surface area contributed by atoms with Gasteiger partial charge in [0.2, 0.25) is 11.8 Å². The summed E-state index contributed by atoms with van der Waals surface area (Å²) in [6.07, 6.45) is 4.17. The van der Waals surface area contributed by atoms with Crippen LogP contribution in [0.3, 0.4) is 0 Å². The highest BCUT2D eigenvalue weighted by atomic mass is 16.2. The lowest BCUT2D eigenvalue weighted by atomic mass is 9.90. The number of carbonyl (C=O) groups excluding carboxylic acids is 2. The van der Waals surface area contributed by atoms with Crippen LogP contribution in [0.25, 0.3) is 0 Å². The predicted molar refractivity (Wildman–Crippen MR) is 70.1 cm³/mol. The molecule has 0 spiro atoms. The molecule has 2 unspecified atom stereocenters. The zero-order valence-corrected chi connectivity index (χ0v) is 11.8. The van der Waals surface area contributed by atoms with Crippen molar-refractivity contribution in [3.63, 3.8) is 0 Å². The normalized spacial score (nSPS) is 27.6. The van der Waals surface area contributed by atoms with E-state index in [1.54, 1.807) is 22.7 Å². The first kappa shape index (κ1) is 13.6. The van der Waals surface area contributed by atoms with E-state index in [1.807, 2.05) is 27.1 Å². The molecule has 0 bridgehead atoms. The monoisotopic (exact) mass is 264 g/mol. The zero-order chi connectivity index (χ0) is 14.2. The number of aryl methyl sites for hydroxylation is 1. The molecular weight excluding hydrogens is 244 g/mol. The highest BCUT2D eigenvalue weighted by molar-refractivity contribution is 5.99. The number of rotatable bonds is 3. The molecule has 2 heterocycles. The summed E-state index contributed by atoms with van der Waals surface area (Å²) in [5, 5.41) is 6.84. The fourth-order valence-electron chi connectivity index (χ4n) is 2.35. The molecular formula is C13H20N4O2. The molecule has 1 saturated heterocycles. The van der Waals surface area contributed by atoms with Crippen molar-refractivity contribution in [3.05, 3.63) is 18.0 Å². The molecule has 2 amide bonds. The van der Waals surface area contributed by atoms with Crippen LogP contribution in [0.1, 0.15) is 32.8 Å². The van der Waals surface area contributed by atoms with Gasteiger partial charge in [-0.15, -0.1) is 0 Å². The molecule has 6 nitrogen and oxygen atoms in total. The fourth-order valence-corrected chi connectivity index (χ4v) is 2.35. The molecule has 1 aromatic heterocycles. The second-order valence-electron chi connectivity index (χ2n) is 5.27. The van der Waals surface area contributed by atoms with Crippen LogP contribution in [-0.2, 0) is 23.2 Å². The van der Waals surface area contributed by atoms with Crippen molar-refractivity contribution in [1.29, 1.82) is 0 Å². The van der Waals surface area contributed by atoms with Crippen molar-refractivity contribution < 1.29 is 9.59 Å². The van der Waals surface area contributed by atoms with Crippen LogP contribution in [-0.4, -0.2) is 38.1 Å². The highest BCUT2D eigenvalue weighted by Gasteiger charge is 2.46. The highest BCUT2D eigenvalue weighted by Crippen LogP contribution is 2.26. The van der Waals surface area contributed by atoms with Gasteiger partial charge in [-0.3, -0.25) is 14.3 Å². The summed E-state index contributed by atoms with van der Waals surface area (Å²) in [5.74, 6) is -0.140. The number of nitrogens with zero attached hydrogens (tertiary/aromatic N) is 3. The molecule has 2 atom stereocenters. The summed E-state index contributed by atoms with van der Waals surface area (Å²) in [4.78, 5) is 26.2. The smallest absolute Gasteiger partial charge is 0.246 e. The van der Waals surface area contributed by atoms with E-state index in [1.165, 1.54) is 0 Å². The third-order valence-corrected chi connectivity index (χ3v) is 3.86. The lowest BCUT2D eigenvalue weighted by Crippen LogP contribution is -2.68. The van der Waals surface area contributed by atoms with Crippen LogP contribution in [0, 0.1) is 0 Å². The largest absolute Gasteiger partial charge is 0.343 e. The van der Waals surface area contributed by atoms with Crippen LogP contribution in [0.15, 0.2) is 12.4 Å². The minimum absolute atomic E-state index is 0.0483. The number of hydrogen-bond acceptors (Lipinski definition) is 3. The molecule has 2 rings (SSSR count). The summed E-state index contributed by atoms with van der Waals surface area (Å²) in [5.41, 5.74) is 0.136. The van der Waals surface area contributed by atoms with E-state index in [-0.39, 0.29) is 11.8 Å². The lowest BCUT2D eigenvalue weighted by Gasteiger charge is -2.45. The number of piperazine rings is 1. The molecule has 1 aliphatic heterocycles. The fraction of sp³-hybridized carbons (Fsp3) is 0.615. The Morgan fingerprint density at radius 1 is 1.47 bits per heavy atom. The molecule has 1 aliphatic rings. The lowest BCUT2D eigenvalue weighted by molar-refractivity contribution is -0.157. The number of aromatic nitrogens is 2. The van der Waals surface area contributed by atoms with Crippen molar-refractivity contribution in [2.45, 2.75) is 45.3 Å². The van der Waals surface area contributed by atoms with E-state index in [0.29, 0.717) is 13.0 Å². The standard InChI is InChI=1S/C13H20N4O2/c1-5-13(3)12(19)15-9(2)11(18)17(13)8-10-6-14-16(4)7-10/h6-7,9H,5,8H2,1-4H3,(H,15,19). The molecule has 6 heteroatoms. The Kier molecular flexibility index (Phi) is 3.34. The van der Waals surface area contributed by atoms with Crippen molar-refractivity contribution in [1.82, 2.24) is 20.0 Å². The quantitative estimate of drug-likeness (QED) is 0.861. The molecule has 0 aromatic carbocycles. The summed E-state index contributed by atoms with van der Waals surface area (Å²) < 4.78 is 1.69. The number of nitrogens with one attached hydrogen (secondary N) is 1. The maximum absolute atomic E-state index is 12.3. The maximum atomic E-state index is 12.3. The first-order valence-corrected chi connectivity index (χ1v) is 6.48. The number of hydrogen-bond donors (Lipinski definition) is 1. The van der Waals surface area contributed by atoms with Gasteiger partial charge in [-0.05, 0) is 20.3 Å². The molecule has 0 saturated carbocycles. The molecule has 19 heavy (non-hydrogen) atoms. The Balaban J connectivity index is 2.31. The number of amides is 2. The van der Waals surface area contributed by atoms with E-state index in [4.69, 9.17) is 0 Å². The van der Waals surface area contributed by atoms with E-state index < -0.39 is 11.6 Å². The average Bonchev–Trinajstić information content (AvgIpc) is 2.78. The SMILES string of the molecule is CCC1(C)C(=O)NC(C)C(=O)N1Cc1cnn(C)c1. The van der Waals surface area contributed by atoms with Crippen LogP contribution in [0.5, 0.6) is 0 Å². The Morgan fingerprint density at radius 2 is 2.16 bits per heavy atom. The van der Waals surface area contributed by atoms with Gasteiger partial charge in [-0.2, -0.15) is 5.10 Å². The average molecular weight is 264 g/mol. The first-order chi connectivity index (χ1) is 8.88. The maximum Gasteiger partial charge on any atom is 0.246 e. The van der Waals surface area contributed by atoms with Crippen LogP contribution < -0.4 is 5.32 Å². The van der Waals surface area contributed by atoms with Crippen LogP contribution in [0.2, 0.25) is 0 Å². The first-order valence-electron chi connectivity index (χ1n) is 6.48. The summed E-state index contributed by atoms with van der Waals surface area (Å²) in [7, 11) is 1.83. The summed E-state index contributed by atoms with van der Waals surface area (Å²) >= 11 is 0. The van der Waals surface area contributed by atoms with Gasteiger partial charge in [0.05, 0.1) is 6.20 Å². The zero-order valence-electron chi connectivity index (χ0n) is 11.8. The molecule has 1 fully saturated rings. The minimum atomic E-state index is -0.792. The van der Waals surface area contributed by atoms with Gasteiger partial charge in [-0.1, -0.05) is 6.92 Å². The Labute approximate surface area is 112 Å². The molecule has 0 aliphatic carbocycles. The Morgan fingerprint density at radius 3 is 2.68 bits per heavy atom. The second kappa shape index (κ2) is 4.68. The van der Waals surface area contributed by atoms with Gasteiger partial charge in [0.25, 0.3) is 0 Å². The van der Waals surface area contributed by atoms with E-state index in [2.05, 4.69) is 10.4 Å². The molecule has 104 valence electrons. The predicted octanol–water partition coefficient (Wildman–Crippen LogP) is 0.436. The van der Waals surface area contributed by atoms with Crippen molar-refractivity contribution in [3.8, 4) is 0 Å². The molecule has 0 radical (unpaired) electrons. The van der Waals surface area contributed by atoms with Crippen LogP contribution >= 0.6 is 0 Å². The third-order valence-electron chi connectivity index (χ3n) is 3.86. The third kappa shape index (κ3) is 2.22. The van der Waals surface area contributed by atoms with Crippen molar-refractivity contribution in [2.75, 3.05) is 0 Å². The van der Waals surface area contributed by atoms with Gasteiger partial charge in [0.1, 0.15) is 11.6 Å². The van der Waals surface area contributed by atoms with Gasteiger partial charge in [-0.25, -0.2) is 0 Å². The van der Waals surface area contributed by atoms with Gasteiger partial charge < -0.3 is 10.2 Å². The minimum Gasteiger partial charge on any atom is -0.343 e. The Bertz CT molecular complexity index is 510. The topological polar surface area (TPSA) is 67.2 Å². The van der Waals surface area contributed by atoms with E-state index in [0.717, 1.165) is 5.56 Å². The molecule has 1 aromatic rings. The van der Waals surface area contributed by atoms with E-state index >= 15 is 0 Å². The van der Waals surface area contributed by atoms with Gasteiger partial charge >= 0.3 is 0 Å². The van der Waals surface area contributed by atoms with Gasteiger partial charge in [0, 0.05) is 25.4 Å². The summed E-state index contributed by atoms with van der Waals surface area (Å²) in [6, 6.07) is -0.469. The summed E-state index contributed by atoms with van der Waals surface area (Å²) in [6.45, 7) is 5.85. The van der Waals surface area contributed by atoms with Crippen molar-refractivity contribution in [2.24, 2.45) is 7.05 Å². The van der Waals surface area contributed by atoms with Crippen LogP contribution in [0.4, 0.5) is 0 Å². The Hall–Kier alpha value is -1.85. The van der Waals surface area contributed by atoms with Crippen molar-refractivity contribution >= 4 is 11.8 Å². The van der Waals surface area contributed by atoms with Gasteiger partial charge in [0.15, 0.2) is 0 Å². The molecule has 1 N–H and O–H groups in total. The number of carbonyl (C=O) groups is 2.